The maximum atomic E-state index is 12.0. The molecule has 1 fully saturated rings. The second-order valence-corrected chi connectivity index (χ2v) is 4.41. The maximum Gasteiger partial charge on any atom is 0.305 e. The highest BCUT2D eigenvalue weighted by Gasteiger charge is 2.32. The lowest BCUT2D eigenvalue weighted by Crippen LogP contribution is -2.36. The first-order valence-electron chi connectivity index (χ1n) is 5.99. The normalized spacial score (nSPS) is 23.5. The number of methoxy groups -OCH3 is 1. The predicted octanol–water partition coefficient (Wildman–Crippen LogP) is 0.823. The molecule has 98 valence electrons. The fourth-order valence-electron chi connectivity index (χ4n) is 2.01. The third kappa shape index (κ3) is 4.00. The quantitative estimate of drug-likeness (QED) is 0.671. The minimum absolute atomic E-state index is 0.00515. The van der Waals surface area contributed by atoms with Crippen LogP contribution < -0.4 is 0 Å². The Morgan fingerprint density at radius 2 is 2.18 bits per heavy atom. The van der Waals surface area contributed by atoms with E-state index in [0.717, 1.165) is 6.42 Å². The summed E-state index contributed by atoms with van der Waals surface area (Å²) in [5.74, 6) is -0.151. The maximum absolute atomic E-state index is 12.0. The topological polar surface area (TPSA) is 55.8 Å². The molecule has 0 N–H and O–H groups in total. The number of amides is 1. The molecule has 0 radical (unpaired) electrons. The van der Waals surface area contributed by atoms with Crippen molar-refractivity contribution in [3.05, 3.63) is 0 Å². The number of ether oxygens (including phenoxy) is 2. The number of esters is 1. The van der Waals surface area contributed by atoms with Gasteiger partial charge in [-0.1, -0.05) is 0 Å². The minimum atomic E-state index is -0.233. The summed E-state index contributed by atoms with van der Waals surface area (Å²) in [5, 5.41) is 0. The lowest BCUT2D eigenvalue weighted by atomic mass is 10.0. The molecule has 1 heterocycles. The molecule has 0 aromatic heterocycles. The first kappa shape index (κ1) is 14.0. The molecule has 0 bridgehead atoms. The van der Waals surface area contributed by atoms with Crippen LogP contribution >= 0.6 is 0 Å². The van der Waals surface area contributed by atoms with Gasteiger partial charge in [-0.05, 0) is 19.8 Å². The van der Waals surface area contributed by atoms with Crippen LogP contribution in [0.15, 0.2) is 0 Å². The minimum Gasteiger partial charge on any atom is -0.469 e. The van der Waals surface area contributed by atoms with Crippen molar-refractivity contribution in [3.63, 3.8) is 0 Å². The van der Waals surface area contributed by atoms with Gasteiger partial charge in [0.2, 0.25) is 5.91 Å². The molecular weight excluding hydrogens is 222 g/mol. The largest absolute Gasteiger partial charge is 0.469 e. The fourth-order valence-corrected chi connectivity index (χ4v) is 2.01. The molecular formula is C12H21NO4. The van der Waals surface area contributed by atoms with Gasteiger partial charge in [0.25, 0.3) is 0 Å². The Balaban J connectivity index is 2.29. The van der Waals surface area contributed by atoms with E-state index < -0.39 is 0 Å². The second kappa shape index (κ2) is 6.59. The molecule has 0 aromatic carbocycles. The Bertz CT molecular complexity index is 280. The summed E-state index contributed by atoms with van der Waals surface area (Å²) in [7, 11) is 3.14. The summed E-state index contributed by atoms with van der Waals surface area (Å²) >= 11 is 0. The molecule has 2 atom stereocenters. The lowest BCUT2D eigenvalue weighted by molar-refractivity contribution is -0.141. The van der Waals surface area contributed by atoms with Crippen molar-refractivity contribution in [1.29, 1.82) is 0 Å². The van der Waals surface area contributed by atoms with Gasteiger partial charge in [-0.15, -0.1) is 0 Å². The van der Waals surface area contributed by atoms with E-state index in [2.05, 4.69) is 4.74 Å². The van der Waals surface area contributed by atoms with Crippen LogP contribution in [-0.2, 0) is 19.1 Å². The molecule has 1 amide bonds. The Morgan fingerprint density at radius 3 is 2.71 bits per heavy atom. The molecule has 17 heavy (non-hydrogen) atoms. The van der Waals surface area contributed by atoms with Crippen LogP contribution in [-0.4, -0.2) is 50.2 Å². The third-order valence-corrected chi connectivity index (χ3v) is 3.17. The van der Waals surface area contributed by atoms with Crippen LogP contribution in [0.2, 0.25) is 0 Å². The number of carbonyl (C=O) groups excluding carboxylic acids is 2. The predicted molar refractivity (Wildman–Crippen MR) is 62.4 cm³/mol. The van der Waals surface area contributed by atoms with Crippen LogP contribution in [0.25, 0.3) is 0 Å². The summed E-state index contributed by atoms with van der Waals surface area (Å²) in [6.07, 6.45) is 1.79. The highest BCUT2D eigenvalue weighted by Crippen LogP contribution is 2.22. The van der Waals surface area contributed by atoms with Gasteiger partial charge in [-0.25, -0.2) is 0 Å². The molecule has 5 nitrogen and oxygen atoms in total. The van der Waals surface area contributed by atoms with Gasteiger partial charge < -0.3 is 14.4 Å². The molecule has 1 aliphatic heterocycles. The zero-order valence-electron chi connectivity index (χ0n) is 10.8. The van der Waals surface area contributed by atoms with Crippen molar-refractivity contribution in [1.82, 2.24) is 4.90 Å². The van der Waals surface area contributed by atoms with Crippen molar-refractivity contribution >= 4 is 11.9 Å². The fraction of sp³-hybridized carbons (Fsp3) is 0.833. The van der Waals surface area contributed by atoms with E-state index in [9.17, 15) is 9.59 Å². The van der Waals surface area contributed by atoms with Crippen LogP contribution in [0.1, 0.15) is 26.2 Å². The standard InChI is InChI=1S/C12H21NO4/c1-9-10(6-8-17-9)12(15)13(2)7-4-5-11(14)16-3/h9-10H,4-8H2,1-3H3. The van der Waals surface area contributed by atoms with Crippen LogP contribution in [0, 0.1) is 5.92 Å². The zero-order valence-corrected chi connectivity index (χ0v) is 10.8. The summed E-state index contributed by atoms with van der Waals surface area (Å²) in [6, 6.07) is 0. The van der Waals surface area contributed by atoms with E-state index in [1.807, 2.05) is 6.92 Å². The lowest BCUT2D eigenvalue weighted by Gasteiger charge is -2.22. The number of hydrogen-bond acceptors (Lipinski definition) is 4. The Morgan fingerprint density at radius 1 is 1.47 bits per heavy atom. The molecule has 5 heteroatoms. The van der Waals surface area contributed by atoms with E-state index in [0.29, 0.717) is 26.0 Å². The van der Waals surface area contributed by atoms with E-state index >= 15 is 0 Å². The van der Waals surface area contributed by atoms with E-state index in [1.54, 1.807) is 11.9 Å². The van der Waals surface area contributed by atoms with Crippen LogP contribution in [0.3, 0.4) is 0 Å². The third-order valence-electron chi connectivity index (χ3n) is 3.17. The van der Waals surface area contributed by atoms with Crippen LogP contribution in [0.5, 0.6) is 0 Å². The number of carbonyl (C=O) groups is 2. The summed E-state index contributed by atoms with van der Waals surface area (Å²) in [4.78, 5) is 24.6. The van der Waals surface area contributed by atoms with Crippen molar-refractivity contribution in [3.8, 4) is 0 Å². The van der Waals surface area contributed by atoms with Crippen LogP contribution in [0.4, 0.5) is 0 Å². The van der Waals surface area contributed by atoms with E-state index in [1.165, 1.54) is 7.11 Å². The Hall–Kier alpha value is -1.10. The SMILES string of the molecule is COC(=O)CCCN(C)C(=O)C1CCOC1C. The van der Waals surface area contributed by atoms with Gasteiger partial charge in [-0.2, -0.15) is 0 Å². The molecule has 0 spiro atoms. The molecule has 1 rings (SSSR count). The monoisotopic (exact) mass is 243 g/mol. The van der Waals surface area contributed by atoms with E-state index in [-0.39, 0.29) is 23.9 Å². The van der Waals surface area contributed by atoms with Gasteiger partial charge in [0, 0.05) is 26.6 Å². The number of hydrogen-bond donors (Lipinski definition) is 0. The Kier molecular flexibility index (Phi) is 5.41. The average molecular weight is 243 g/mol. The summed E-state index contributed by atoms with van der Waals surface area (Å²) < 4.78 is 9.92. The molecule has 1 aliphatic rings. The number of nitrogens with zero attached hydrogens (tertiary/aromatic N) is 1. The number of rotatable bonds is 5. The first-order chi connectivity index (χ1) is 8.06. The van der Waals surface area contributed by atoms with Gasteiger partial charge in [0.15, 0.2) is 0 Å². The Labute approximate surface area is 102 Å². The van der Waals surface area contributed by atoms with Crippen molar-refractivity contribution in [2.24, 2.45) is 5.92 Å². The van der Waals surface area contributed by atoms with Gasteiger partial charge >= 0.3 is 5.97 Å². The van der Waals surface area contributed by atoms with E-state index in [4.69, 9.17) is 4.74 Å². The van der Waals surface area contributed by atoms with Gasteiger partial charge in [0.1, 0.15) is 0 Å². The van der Waals surface area contributed by atoms with Crippen molar-refractivity contribution < 1.29 is 19.1 Å². The molecule has 0 saturated carbocycles. The molecule has 0 aliphatic carbocycles. The zero-order chi connectivity index (χ0) is 12.8. The van der Waals surface area contributed by atoms with Gasteiger partial charge in [-0.3, -0.25) is 9.59 Å². The van der Waals surface area contributed by atoms with Crippen molar-refractivity contribution in [2.45, 2.75) is 32.3 Å². The summed E-state index contributed by atoms with van der Waals surface area (Å²) in [6.45, 7) is 3.17. The highest BCUT2D eigenvalue weighted by atomic mass is 16.5. The second-order valence-electron chi connectivity index (χ2n) is 4.41. The average Bonchev–Trinajstić information content (AvgIpc) is 2.74. The molecule has 2 unspecified atom stereocenters. The van der Waals surface area contributed by atoms with Crippen molar-refractivity contribution in [2.75, 3.05) is 27.3 Å². The molecule has 0 aromatic rings. The molecule has 1 saturated heterocycles. The highest BCUT2D eigenvalue weighted by molar-refractivity contribution is 5.79. The first-order valence-corrected chi connectivity index (χ1v) is 5.99. The smallest absolute Gasteiger partial charge is 0.305 e. The van der Waals surface area contributed by atoms with Gasteiger partial charge in [0.05, 0.1) is 19.1 Å². The summed E-state index contributed by atoms with van der Waals surface area (Å²) in [5.41, 5.74) is 0.